The molecule has 0 atom stereocenters. The lowest BCUT2D eigenvalue weighted by molar-refractivity contribution is -0.122. The third-order valence-electron chi connectivity index (χ3n) is 2.66. The lowest BCUT2D eigenvalue weighted by Crippen LogP contribution is -2.10. The van der Waals surface area contributed by atoms with Gasteiger partial charge in [-0.05, 0) is 12.8 Å². The van der Waals surface area contributed by atoms with Crippen LogP contribution >= 0.6 is 0 Å². The predicted molar refractivity (Wildman–Crippen MR) is 51.5 cm³/mol. The van der Waals surface area contributed by atoms with Gasteiger partial charge in [0.05, 0.1) is 6.42 Å². The summed E-state index contributed by atoms with van der Waals surface area (Å²) in [6.07, 6.45) is 2.35. The van der Waals surface area contributed by atoms with E-state index in [1.54, 1.807) is 0 Å². The summed E-state index contributed by atoms with van der Waals surface area (Å²) < 4.78 is 9.73. The predicted octanol–water partition coefficient (Wildman–Crippen LogP) is 0.879. The summed E-state index contributed by atoms with van der Waals surface area (Å²) in [5.41, 5.74) is 0.0893. The number of Topliss-reactive ketones (excluding diaryl/α,β-unsaturated/α-hetero) is 1. The zero-order chi connectivity index (χ0) is 10.9. The van der Waals surface area contributed by atoms with Gasteiger partial charge in [0.25, 0.3) is 0 Å². The van der Waals surface area contributed by atoms with E-state index in [4.69, 9.17) is 9.26 Å². The van der Waals surface area contributed by atoms with Crippen LogP contribution in [-0.4, -0.2) is 29.6 Å². The molecule has 15 heavy (non-hydrogen) atoms. The van der Waals surface area contributed by atoms with Crippen molar-refractivity contribution in [2.24, 2.45) is 0 Å². The summed E-state index contributed by atoms with van der Waals surface area (Å²) in [5.74, 6) is 1.07. The molecular weight excluding hydrogens is 196 g/mol. The number of carbonyl (C=O) groups is 1. The highest BCUT2D eigenvalue weighted by Crippen LogP contribution is 2.45. The molecule has 0 aromatic carbocycles. The molecule has 1 aromatic rings. The lowest BCUT2D eigenvalue weighted by atomic mass is 10.1. The van der Waals surface area contributed by atoms with Crippen LogP contribution < -0.4 is 0 Å². The number of carbonyl (C=O) groups excluding carboxylic acids is 1. The van der Waals surface area contributed by atoms with Crippen molar-refractivity contribution in [3.05, 3.63) is 11.7 Å². The van der Waals surface area contributed by atoms with Crippen LogP contribution in [0.2, 0.25) is 0 Å². The summed E-state index contributed by atoms with van der Waals surface area (Å²) in [5, 5.41) is 3.88. The van der Waals surface area contributed by atoms with Crippen molar-refractivity contribution in [1.29, 1.82) is 0 Å². The molecule has 1 saturated carbocycles. The van der Waals surface area contributed by atoms with E-state index in [2.05, 4.69) is 17.1 Å². The zero-order valence-corrected chi connectivity index (χ0v) is 8.95. The van der Waals surface area contributed by atoms with Gasteiger partial charge in [-0.1, -0.05) is 12.1 Å². The number of hydrogen-bond acceptors (Lipinski definition) is 5. The summed E-state index contributed by atoms with van der Waals surface area (Å²) in [6, 6.07) is 0. The number of aromatic nitrogens is 2. The van der Waals surface area contributed by atoms with Gasteiger partial charge in [0.2, 0.25) is 5.89 Å². The van der Waals surface area contributed by atoms with Gasteiger partial charge in [0.15, 0.2) is 11.6 Å². The van der Waals surface area contributed by atoms with E-state index in [1.807, 2.05) is 0 Å². The van der Waals surface area contributed by atoms with Gasteiger partial charge >= 0.3 is 0 Å². The Morgan fingerprint density at radius 2 is 2.33 bits per heavy atom. The molecule has 0 unspecified atom stereocenters. The molecule has 0 spiro atoms. The van der Waals surface area contributed by atoms with Crippen LogP contribution in [0.25, 0.3) is 0 Å². The monoisotopic (exact) mass is 210 g/mol. The number of rotatable bonds is 5. The first-order valence-electron chi connectivity index (χ1n) is 4.98. The van der Waals surface area contributed by atoms with E-state index in [9.17, 15) is 4.79 Å². The lowest BCUT2D eigenvalue weighted by Gasteiger charge is -1.97. The van der Waals surface area contributed by atoms with Gasteiger partial charge in [-0.25, -0.2) is 0 Å². The second kappa shape index (κ2) is 3.73. The average molecular weight is 210 g/mol. The number of nitrogens with zero attached hydrogens (tertiary/aromatic N) is 2. The van der Waals surface area contributed by atoms with Crippen molar-refractivity contribution in [3.63, 3.8) is 0 Å². The molecule has 0 amide bonds. The van der Waals surface area contributed by atoms with E-state index in [1.165, 1.54) is 7.11 Å². The molecule has 82 valence electrons. The van der Waals surface area contributed by atoms with Gasteiger partial charge in [0, 0.05) is 12.5 Å². The zero-order valence-electron chi connectivity index (χ0n) is 8.95. The smallest absolute Gasteiger partial charge is 0.234 e. The van der Waals surface area contributed by atoms with Gasteiger partial charge in [0.1, 0.15) is 6.61 Å². The first kappa shape index (κ1) is 10.3. The Balaban J connectivity index is 1.98. The van der Waals surface area contributed by atoms with Gasteiger partial charge < -0.3 is 9.26 Å². The van der Waals surface area contributed by atoms with Crippen LogP contribution in [0.15, 0.2) is 4.52 Å². The van der Waals surface area contributed by atoms with E-state index in [-0.39, 0.29) is 24.2 Å². The number of ether oxygens (including phenoxy) is 1. The maximum atomic E-state index is 11.2. The molecule has 5 heteroatoms. The molecule has 2 rings (SSSR count). The van der Waals surface area contributed by atoms with Crippen LogP contribution in [0.5, 0.6) is 0 Å². The minimum absolute atomic E-state index is 0.0475. The molecule has 1 aromatic heterocycles. The van der Waals surface area contributed by atoms with Crippen molar-refractivity contribution in [2.45, 2.75) is 31.6 Å². The molecule has 1 aliphatic carbocycles. The van der Waals surface area contributed by atoms with Crippen molar-refractivity contribution < 1.29 is 14.1 Å². The van der Waals surface area contributed by atoms with Crippen molar-refractivity contribution in [1.82, 2.24) is 10.1 Å². The van der Waals surface area contributed by atoms with E-state index < -0.39 is 0 Å². The maximum absolute atomic E-state index is 11.2. The SMILES string of the molecule is COCC(=O)Cc1nc(C2(C)CC2)no1. The molecule has 1 fully saturated rings. The van der Waals surface area contributed by atoms with Gasteiger partial charge in [-0.15, -0.1) is 0 Å². The molecule has 0 saturated heterocycles. The summed E-state index contributed by atoms with van der Waals surface area (Å²) in [7, 11) is 1.49. The first-order valence-corrected chi connectivity index (χ1v) is 4.98. The Bertz CT molecular complexity index is 368. The highest BCUT2D eigenvalue weighted by atomic mass is 16.5. The highest BCUT2D eigenvalue weighted by molar-refractivity contribution is 5.81. The minimum Gasteiger partial charge on any atom is -0.377 e. The van der Waals surface area contributed by atoms with Crippen LogP contribution in [0.3, 0.4) is 0 Å². The van der Waals surface area contributed by atoms with Crippen LogP contribution in [-0.2, 0) is 21.4 Å². The fourth-order valence-corrected chi connectivity index (χ4v) is 1.36. The van der Waals surface area contributed by atoms with Crippen LogP contribution in [0.4, 0.5) is 0 Å². The van der Waals surface area contributed by atoms with Crippen molar-refractivity contribution in [2.75, 3.05) is 13.7 Å². The Morgan fingerprint density at radius 3 is 2.93 bits per heavy atom. The van der Waals surface area contributed by atoms with Gasteiger partial charge in [-0.2, -0.15) is 4.98 Å². The fourth-order valence-electron chi connectivity index (χ4n) is 1.36. The van der Waals surface area contributed by atoms with Crippen molar-refractivity contribution >= 4 is 5.78 Å². The summed E-state index contributed by atoms with van der Waals surface area (Å²) in [4.78, 5) is 15.4. The summed E-state index contributed by atoms with van der Waals surface area (Å²) in [6.45, 7) is 2.19. The second-order valence-electron chi connectivity index (χ2n) is 4.22. The van der Waals surface area contributed by atoms with Crippen molar-refractivity contribution in [3.8, 4) is 0 Å². The Labute approximate surface area is 87.8 Å². The largest absolute Gasteiger partial charge is 0.377 e. The molecule has 0 bridgehead atoms. The fraction of sp³-hybridized carbons (Fsp3) is 0.700. The molecule has 5 nitrogen and oxygen atoms in total. The molecule has 0 N–H and O–H groups in total. The van der Waals surface area contributed by atoms with E-state index >= 15 is 0 Å². The number of hydrogen-bond donors (Lipinski definition) is 0. The molecule has 1 heterocycles. The Morgan fingerprint density at radius 1 is 1.60 bits per heavy atom. The maximum Gasteiger partial charge on any atom is 0.234 e. The molecular formula is C10H14N2O3. The van der Waals surface area contributed by atoms with Crippen LogP contribution in [0, 0.1) is 0 Å². The van der Waals surface area contributed by atoms with Gasteiger partial charge in [-0.3, -0.25) is 4.79 Å². The Hall–Kier alpha value is -1.23. The highest BCUT2D eigenvalue weighted by Gasteiger charge is 2.43. The summed E-state index contributed by atoms with van der Waals surface area (Å²) >= 11 is 0. The molecule has 0 aliphatic heterocycles. The third-order valence-corrected chi connectivity index (χ3v) is 2.66. The minimum atomic E-state index is -0.0475. The number of ketones is 1. The first-order chi connectivity index (χ1) is 7.14. The second-order valence-corrected chi connectivity index (χ2v) is 4.22. The quantitative estimate of drug-likeness (QED) is 0.721. The average Bonchev–Trinajstić information content (AvgIpc) is 2.77. The number of methoxy groups -OCH3 is 1. The topological polar surface area (TPSA) is 65.2 Å². The Kier molecular flexibility index (Phi) is 2.56. The van der Waals surface area contributed by atoms with Crippen LogP contribution in [0.1, 0.15) is 31.5 Å². The van der Waals surface area contributed by atoms with E-state index in [0.29, 0.717) is 5.89 Å². The molecule has 1 aliphatic rings. The van der Waals surface area contributed by atoms with E-state index in [0.717, 1.165) is 18.7 Å². The molecule has 0 radical (unpaired) electrons. The standard InChI is InChI=1S/C10H14N2O3/c1-10(3-4-10)9-11-8(15-12-9)5-7(13)6-14-2/h3-6H2,1-2H3. The normalized spacial score (nSPS) is 17.7. The third kappa shape index (κ3) is 2.23.